The van der Waals surface area contributed by atoms with Gasteiger partial charge in [-0.05, 0) is 43.3 Å². The zero-order valence-electron chi connectivity index (χ0n) is 14.8. The molecule has 0 aliphatic carbocycles. The Morgan fingerprint density at radius 1 is 1.14 bits per heavy atom. The third-order valence-electron chi connectivity index (χ3n) is 4.09. The fraction of sp³-hybridized carbons (Fsp3) is 0.105. The molecule has 1 N–H and O–H groups in total. The molecule has 0 saturated heterocycles. The summed E-state index contributed by atoms with van der Waals surface area (Å²) in [5.74, 6) is -0.432. The number of halogens is 1. The van der Waals surface area contributed by atoms with Crippen molar-refractivity contribution in [1.82, 2.24) is 24.8 Å². The van der Waals surface area contributed by atoms with Crippen molar-refractivity contribution in [2.45, 2.75) is 13.5 Å². The van der Waals surface area contributed by atoms with Crippen LogP contribution in [-0.2, 0) is 11.3 Å². The summed E-state index contributed by atoms with van der Waals surface area (Å²) in [6.45, 7) is 1.47. The number of hydrogen-bond acceptors (Lipinski definition) is 5. The summed E-state index contributed by atoms with van der Waals surface area (Å²) in [5.41, 5.74) is 1.33. The molecule has 8 nitrogen and oxygen atoms in total. The van der Waals surface area contributed by atoms with Gasteiger partial charge in [0.1, 0.15) is 23.7 Å². The number of rotatable bonds is 4. The average Bonchev–Trinajstić information content (AvgIpc) is 3.05. The van der Waals surface area contributed by atoms with E-state index in [2.05, 4.69) is 20.7 Å². The number of amides is 1. The number of aryl methyl sites for hydroxylation is 1. The van der Waals surface area contributed by atoms with E-state index >= 15 is 0 Å². The van der Waals surface area contributed by atoms with Gasteiger partial charge in [0.15, 0.2) is 0 Å². The predicted octanol–water partition coefficient (Wildman–Crippen LogP) is 2.06. The number of carbonyl (C=O) groups is 1. The maximum Gasteiger partial charge on any atom is 0.278 e. The lowest BCUT2D eigenvalue weighted by molar-refractivity contribution is -0.117. The van der Waals surface area contributed by atoms with E-state index in [1.165, 1.54) is 16.8 Å². The number of nitrogens with one attached hydrogen (secondary N) is 1. The number of aromatic nitrogens is 5. The molecular weight excluding hydrogens is 363 g/mol. The zero-order chi connectivity index (χ0) is 19.7. The van der Waals surface area contributed by atoms with Gasteiger partial charge in [0.25, 0.3) is 5.56 Å². The Bertz CT molecular complexity index is 1230. The summed E-state index contributed by atoms with van der Waals surface area (Å²) in [4.78, 5) is 24.9. The van der Waals surface area contributed by atoms with Crippen LogP contribution in [0.3, 0.4) is 0 Å². The summed E-state index contributed by atoms with van der Waals surface area (Å²) < 4.78 is 15.7. The minimum Gasteiger partial charge on any atom is -0.309 e. The number of fused-ring (bicyclic) bond motifs is 1. The Kier molecular flexibility index (Phi) is 4.40. The maximum atomic E-state index is 13.2. The smallest absolute Gasteiger partial charge is 0.278 e. The fourth-order valence-electron chi connectivity index (χ4n) is 2.81. The van der Waals surface area contributed by atoms with E-state index in [0.29, 0.717) is 28.1 Å². The van der Waals surface area contributed by atoms with Crippen molar-refractivity contribution >= 4 is 22.6 Å². The molecule has 0 radical (unpaired) electrons. The van der Waals surface area contributed by atoms with Gasteiger partial charge < -0.3 is 5.32 Å². The Labute approximate surface area is 158 Å². The highest BCUT2D eigenvalue weighted by Crippen LogP contribution is 2.17. The molecular formula is C19H15FN6O2. The van der Waals surface area contributed by atoms with Gasteiger partial charge in [-0.1, -0.05) is 17.3 Å². The average molecular weight is 378 g/mol. The first-order chi connectivity index (χ1) is 13.5. The summed E-state index contributed by atoms with van der Waals surface area (Å²) >= 11 is 0. The Morgan fingerprint density at radius 2 is 1.89 bits per heavy atom. The van der Waals surface area contributed by atoms with E-state index in [1.807, 2.05) is 0 Å². The molecule has 140 valence electrons. The first kappa shape index (κ1) is 17.5. The van der Waals surface area contributed by atoms with Crippen molar-refractivity contribution in [2.24, 2.45) is 0 Å². The van der Waals surface area contributed by atoms with Gasteiger partial charge in [0.05, 0.1) is 16.8 Å². The van der Waals surface area contributed by atoms with Crippen LogP contribution in [0.15, 0.2) is 59.4 Å². The van der Waals surface area contributed by atoms with Gasteiger partial charge in [-0.15, -0.1) is 5.10 Å². The maximum absolute atomic E-state index is 13.2. The van der Waals surface area contributed by atoms with Crippen molar-refractivity contribution in [3.63, 3.8) is 0 Å². The van der Waals surface area contributed by atoms with Gasteiger partial charge in [0.2, 0.25) is 5.91 Å². The molecule has 9 heteroatoms. The van der Waals surface area contributed by atoms with E-state index in [4.69, 9.17) is 0 Å². The first-order valence-electron chi connectivity index (χ1n) is 8.46. The van der Waals surface area contributed by atoms with Crippen LogP contribution in [0.25, 0.3) is 16.6 Å². The highest BCUT2D eigenvalue weighted by atomic mass is 19.1. The van der Waals surface area contributed by atoms with Gasteiger partial charge >= 0.3 is 0 Å². The van der Waals surface area contributed by atoms with E-state index in [9.17, 15) is 14.0 Å². The third kappa shape index (κ3) is 3.37. The van der Waals surface area contributed by atoms with E-state index in [0.717, 1.165) is 4.68 Å². The predicted molar refractivity (Wildman–Crippen MR) is 101 cm³/mol. The van der Waals surface area contributed by atoms with Crippen molar-refractivity contribution in [3.8, 4) is 5.69 Å². The molecule has 0 saturated carbocycles. The number of carbonyl (C=O) groups excluding carboxylic acids is 1. The van der Waals surface area contributed by atoms with Crippen LogP contribution >= 0.6 is 0 Å². The molecule has 2 heterocycles. The van der Waals surface area contributed by atoms with Crippen LogP contribution in [0.4, 0.5) is 10.2 Å². The first-order valence-corrected chi connectivity index (χ1v) is 8.46. The fourth-order valence-corrected chi connectivity index (χ4v) is 2.81. The monoisotopic (exact) mass is 378 g/mol. The van der Waals surface area contributed by atoms with Crippen molar-refractivity contribution in [2.75, 3.05) is 5.32 Å². The number of anilines is 1. The number of hydrogen-bond donors (Lipinski definition) is 1. The standard InChI is InChI=1S/C19H15FN6O2/c1-12-10-17(26(23-12)14-8-6-13(20)7-9-14)21-18(27)11-25-19(28)15-4-2-3-5-16(15)22-24-25/h2-10H,11H2,1H3,(H,21,27). The summed E-state index contributed by atoms with van der Waals surface area (Å²) in [6, 6.07) is 14.2. The van der Waals surface area contributed by atoms with Crippen LogP contribution in [0.2, 0.25) is 0 Å². The summed E-state index contributed by atoms with van der Waals surface area (Å²) in [6.07, 6.45) is 0. The molecule has 2 aromatic carbocycles. The molecule has 4 aromatic rings. The lowest BCUT2D eigenvalue weighted by Gasteiger charge is -2.09. The quantitative estimate of drug-likeness (QED) is 0.587. The second-order valence-electron chi connectivity index (χ2n) is 6.18. The molecule has 2 aromatic heterocycles. The normalized spacial score (nSPS) is 10.9. The van der Waals surface area contributed by atoms with Gasteiger partial charge in [-0.25, -0.2) is 13.8 Å². The molecule has 0 atom stereocenters. The van der Waals surface area contributed by atoms with E-state index in [-0.39, 0.29) is 12.4 Å². The molecule has 4 rings (SSSR count). The lowest BCUT2D eigenvalue weighted by atomic mass is 10.2. The van der Waals surface area contributed by atoms with Crippen LogP contribution in [0.5, 0.6) is 0 Å². The number of benzene rings is 2. The van der Waals surface area contributed by atoms with Crippen molar-refractivity contribution in [3.05, 3.63) is 76.5 Å². The summed E-state index contributed by atoms with van der Waals surface area (Å²) in [5, 5.41) is 15.2. The van der Waals surface area contributed by atoms with Crippen molar-refractivity contribution < 1.29 is 9.18 Å². The molecule has 28 heavy (non-hydrogen) atoms. The minimum absolute atomic E-state index is 0.301. The Balaban J connectivity index is 1.59. The summed E-state index contributed by atoms with van der Waals surface area (Å²) in [7, 11) is 0. The second kappa shape index (κ2) is 7.03. The zero-order valence-corrected chi connectivity index (χ0v) is 14.8. The van der Waals surface area contributed by atoms with Crippen LogP contribution < -0.4 is 10.9 Å². The van der Waals surface area contributed by atoms with Gasteiger partial charge in [-0.2, -0.15) is 5.10 Å². The lowest BCUT2D eigenvalue weighted by Crippen LogP contribution is -2.30. The Morgan fingerprint density at radius 3 is 2.68 bits per heavy atom. The third-order valence-corrected chi connectivity index (χ3v) is 4.09. The van der Waals surface area contributed by atoms with E-state index < -0.39 is 11.5 Å². The van der Waals surface area contributed by atoms with E-state index in [1.54, 1.807) is 49.4 Å². The SMILES string of the molecule is Cc1cc(NC(=O)Cn2nnc3ccccc3c2=O)n(-c2ccc(F)cc2)n1. The molecule has 0 unspecified atom stereocenters. The number of nitrogens with zero attached hydrogens (tertiary/aromatic N) is 5. The molecule has 0 fully saturated rings. The highest BCUT2D eigenvalue weighted by molar-refractivity contribution is 5.90. The molecule has 0 spiro atoms. The molecule has 1 amide bonds. The second-order valence-corrected chi connectivity index (χ2v) is 6.18. The Hall–Kier alpha value is -3.88. The van der Waals surface area contributed by atoms with Crippen LogP contribution in [-0.4, -0.2) is 30.7 Å². The van der Waals surface area contributed by atoms with Crippen LogP contribution in [0.1, 0.15) is 5.69 Å². The highest BCUT2D eigenvalue weighted by Gasteiger charge is 2.14. The topological polar surface area (TPSA) is 94.7 Å². The molecule has 0 aliphatic heterocycles. The van der Waals surface area contributed by atoms with Gasteiger partial charge in [-0.3, -0.25) is 9.59 Å². The van der Waals surface area contributed by atoms with Crippen LogP contribution in [0, 0.1) is 12.7 Å². The van der Waals surface area contributed by atoms with Crippen molar-refractivity contribution in [1.29, 1.82) is 0 Å². The minimum atomic E-state index is -0.463. The molecule has 0 aliphatic rings. The van der Waals surface area contributed by atoms with Gasteiger partial charge in [0, 0.05) is 6.07 Å². The largest absolute Gasteiger partial charge is 0.309 e. The molecule has 0 bridgehead atoms.